The average Bonchev–Trinajstić information content (AvgIpc) is 2.69. The van der Waals surface area contributed by atoms with Crippen LogP contribution in [0.3, 0.4) is 0 Å². The van der Waals surface area contributed by atoms with E-state index in [2.05, 4.69) is 15.6 Å². The lowest BCUT2D eigenvalue weighted by molar-refractivity contribution is -0.137. The quantitative estimate of drug-likeness (QED) is 0.482. The van der Waals surface area contributed by atoms with Crippen molar-refractivity contribution in [2.75, 3.05) is 17.2 Å². The Kier molecular flexibility index (Phi) is 4.97. The van der Waals surface area contributed by atoms with E-state index in [4.69, 9.17) is 0 Å². The predicted octanol–water partition coefficient (Wildman–Crippen LogP) is 6.48. The second-order valence-electron chi connectivity index (χ2n) is 7.28. The summed E-state index contributed by atoms with van der Waals surface area (Å²) >= 11 is 0. The van der Waals surface area contributed by atoms with Crippen LogP contribution < -0.4 is 10.6 Å². The van der Waals surface area contributed by atoms with Gasteiger partial charge in [0.2, 0.25) is 0 Å². The Morgan fingerprint density at radius 2 is 1.73 bits per heavy atom. The highest BCUT2D eigenvalue weighted by atomic mass is 19.4. The molecule has 0 radical (unpaired) electrons. The number of rotatable bonds is 3. The van der Waals surface area contributed by atoms with Crippen LogP contribution in [0.2, 0.25) is 0 Å². The van der Waals surface area contributed by atoms with E-state index in [9.17, 15) is 17.6 Å². The number of benzene rings is 2. The van der Waals surface area contributed by atoms with Gasteiger partial charge in [-0.15, -0.1) is 0 Å². The summed E-state index contributed by atoms with van der Waals surface area (Å²) in [5.74, 6) is 0.0231. The fourth-order valence-corrected chi connectivity index (χ4v) is 3.55. The molecule has 0 saturated carbocycles. The fraction of sp³-hybridized carbons (Fsp3) is 0.174. The lowest BCUT2D eigenvalue weighted by Gasteiger charge is -2.24. The molecule has 0 atom stereocenters. The van der Waals surface area contributed by atoms with Crippen LogP contribution in [-0.4, -0.2) is 11.5 Å². The molecule has 2 aromatic carbocycles. The van der Waals surface area contributed by atoms with Gasteiger partial charge >= 0.3 is 6.18 Å². The van der Waals surface area contributed by atoms with E-state index in [-0.39, 0.29) is 17.1 Å². The van der Waals surface area contributed by atoms with Crippen molar-refractivity contribution in [3.05, 3.63) is 82.7 Å². The summed E-state index contributed by atoms with van der Waals surface area (Å²) < 4.78 is 54.2. The molecule has 0 unspecified atom stereocenters. The molecular weight excluding hydrogens is 394 g/mol. The minimum Gasteiger partial charge on any atom is -0.381 e. The molecule has 0 fully saturated rings. The van der Waals surface area contributed by atoms with Crippen molar-refractivity contribution in [3.8, 4) is 11.3 Å². The first-order valence-corrected chi connectivity index (χ1v) is 9.38. The molecule has 0 amide bonds. The topological polar surface area (TPSA) is 37.0 Å². The van der Waals surface area contributed by atoms with Crippen LogP contribution in [0.15, 0.2) is 60.2 Å². The third kappa shape index (κ3) is 3.87. The van der Waals surface area contributed by atoms with E-state index < -0.39 is 11.7 Å². The summed E-state index contributed by atoms with van der Waals surface area (Å²) in [6.07, 6.45) is -4.49. The lowest BCUT2D eigenvalue weighted by atomic mass is 10.0. The number of hydrogen-bond donors (Lipinski definition) is 2. The van der Waals surface area contributed by atoms with Crippen LogP contribution >= 0.6 is 0 Å². The predicted molar refractivity (Wildman–Crippen MR) is 111 cm³/mol. The van der Waals surface area contributed by atoms with Crippen molar-refractivity contribution in [3.63, 3.8) is 0 Å². The summed E-state index contributed by atoms with van der Waals surface area (Å²) in [6, 6.07) is 13.2. The highest BCUT2D eigenvalue weighted by molar-refractivity contribution is 5.87. The van der Waals surface area contributed by atoms with E-state index in [1.807, 2.05) is 6.92 Å². The van der Waals surface area contributed by atoms with Gasteiger partial charge in [0.05, 0.1) is 11.3 Å². The fourth-order valence-electron chi connectivity index (χ4n) is 3.55. The number of anilines is 2. The number of nitrogens with zero attached hydrogens (tertiary/aromatic N) is 1. The van der Waals surface area contributed by atoms with Gasteiger partial charge < -0.3 is 10.6 Å². The molecule has 0 saturated heterocycles. The maximum atomic E-state index is 13.8. The Bertz CT molecular complexity index is 1150. The molecular formula is C23H19F4N3. The number of fused-ring (bicyclic) bond motifs is 1. The molecule has 0 spiro atoms. The number of aromatic nitrogens is 1. The Labute approximate surface area is 171 Å². The molecule has 0 bridgehead atoms. The third-order valence-electron chi connectivity index (χ3n) is 4.95. The first-order valence-electron chi connectivity index (χ1n) is 9.38. The number of pyridine rings is 1. The van der Waals surface area contributed by atoms with Crippen molar-refractivity contribution >= 4 is 17.2 Å². The number of nitrogens with one attached hydrogen (secondary N) is 2. The van der Waals surface area contributed by atoms with Gasteiger partial charge in [-0.1, -0.05) is 18.2 Å². The molecule has 2 heterocycles. The lowest BCUT2D eigenvalue weighted by Crippen LogP contribution is -2.17. The molecule has 1 aliphatic heterocycles. The van der Waals surface area contributed by atoms with Gasteiger partial charge in [0.1, 0.15) is 11.6 Å². The number of hydrogen-bond acceptors (Lipinski definition) is 3. The van der Waals surface area contributed by atoms with E-state index in [1.54, 1.807) is 31.2 Å². The number of halogens is 4. The second kappa shape index (κ2) is 7.48. The molecule has 2 N–H and O–H groups in total. The van der Waals surface area contributed by atoms with Gasteiger partial charge in [0, 0.05) is 29.1 Å². The minimum atomic E-state index is -4.49. The SMILES string of the molecule is CC1=C(Nc2cc(C)cc(-c3ccccc3C(F)(F)F)n2)c2cc(F)ccc2NC1. The smallest absolute Gasteiger partial charge is 0.381 e. The van der Waals surface area contributed by atoms with Gasteiger partial charge in [-0.25, -0.2) is 9.37 Å². The highest BCUT2D eigenvalue weighted by Gasteiger charge is 2.33. The zero-order valence-electron chi connectivity index (χ0n) is 16.4. The molecule has 7 heteroatoms. The summed E-state index contributed by atoms with van der Waals surface area (Å²) in [6.45, 7) is 4.26. The summed E-state index contributed by atoms with van der Waals surface area (Å²) in [5, 5.41) is 6.42. The van der Waals surface area contributed by atoms with E-state index in [0.29, 0.717) is 23.6 Å². The van der Waals surface area contributed by atoms with E-state index in [0.717, 1.165) is 22.9 Å². The zero-order chi connectivity index (χ0) is 21.5. The molecule has 154 valence electrons. The van der Waals surface area contributed by atoms with E-state index in [1.165, 1.54) is 24.3 Å². The highest BCUT2D eigenvalue weighted by Crippen LogP contribution is 2.37. The molecule has 1 aromatic heterocycles. The maximum Gasteiger partial charge on any atom is 0.417 e. The molecule has 4 rings (SSSR count). The van der Waals surface area contributed by atoms with Crippen LogP contribution in [0.4, 0.5) is 29.1 Å². The summed E-state index contributed by atoms with van der Waals surface area (Å²) in [4.78, 5) is 4.44. The van der Waals surface area contributed by atoms with Crippen LogP contribution in [0.5, 0.6) is 0 Å². The first-order chi connectivity index (χ1) is 14.2. The van der Waals surface area contributed by atoms with Crippen molar-refractivity contribution in [1.82, 2.24) is 4.98 Å². The normalized spacial score (nSPS) is 13.7. The average molecular weight is 413 g/mol. The van der Waals surface area contributed by atoms with Gasteiger partial charge in [-0.2, -0.15) is 13.2 Å². The summed E-state index contributed by atoms with van der Waals surface area (Å²) in [7, 11) is 0. The number of aryl methyl sites for hydroxylation is 1. The van der Waals surface area contributed by atoms with E-state index >= 15 is 0 Å². The van der Waals surface area contributed by atoms with Crippen molar-refractivity contribution in [1.29, 1.82) is 0 Å². The first kappa shape index (κ1) is 19.9. The van der Waals surface area contributed by atoms with Crippen LogP contribution in [0, 0.1) is 12.7 Å². The van der Waals surface area contributed by atoms with Crippen molar-refractivity contribution < 1.29 is 17.6 Å². The Morgan fingerprint density at radius 1 is 0.967 bits per heavy atom. The molecule has 1 aliphatic rings. The standard InChI is InChI=1S/C23H19F4N3/c1-13-9-20(16-5-3-4-6-18(16)23(25,26)27)29-21(10-13)30-22-14(2)12-28-19-8-7-15(24)11-17(19)22/h3-11,28H,12H2,1-2H3,(H,29,30). The monoisotopic (exact) mass is 413 g/mol. The Hall–Kier alpha value is -3.35. The zero-order valence-corrected chi connectivity index (χ0v) is 16.4. The largest absolute Gasteiger partial charge is 0.417 e. The summed E-state index contributed by atoms with van der Waals surface area (Å²) in [5.41, 5.74) is 3.31. The Morgan fingerprint density at radius 3 is 2.50 bits per heavy atom. The third-order valence-corrected chi connectivity index (χ3v) is 4.95. The van der Waals surface area contributed by atoms with Crippen molar-refractivity contribution in [2.24, 2.45) is 0 Å². The van der Waals surface area contributed by atoms with Crippen LogP contribution in [0.25, 0.3) is 17.0 Å². The minimum absolute atomic E-state index is 0.0132. The van der Waals surface area contributed by atoms with Crippen LogP contribution in [-0.2, 0) is 6.18 Å². The maximum absolute atomic E-state index is 13.8. The molecule has 3 nitrogen and oxygen atoms in total. The Balaban J connectivity index is 1.77. The van der Waals surface area contributed by atoms with Crippen LogP contribution in [0.1, 0.15) is 23.6 Å². The van der Waals surface area contributed by atoms with Crippen molar-refractivity contribution in [2.45, 2.75) is 20.0 Å². The second-order valence-corrected chi connectivity index (χ2v) is 7.28. The van der Waals surface area contributed by atoms with Gasteiger partial charge in [-0.3, -0.25) is 0 Å². The molecule has 0 aliphatic carbocycles. The van der Waals surface area contributed by atoms with Gasteiger partial charge in [0.15, 0.2) is 0 Å². The van der Waals surface area contributed by atoms with Gasteiger partial charge in [-0.05, 0) is 61.4 Å². The van der Waals surface area contributed by atoms with Gasteiger partial charge in [0.25, 0.3) is 0 Å². The molecule has 3 aromatic rings. The molecule has 30 heavy (non-hydrogen) atoms. The number of alkyl halides is 3.